The summed E-state index contributed by atoms with van der Waals surface area (Å²) in [6, 6.07) is 5.35. The Kier molecular flexibility index (Phi) is 4.29. The van der Waals surface area contributed by atoms with Gasteiger partial charge in [-0.3, -0.25) is 0 Å². The molecule has 7 heteroatoms. The van der Waals surface area contributed by atoms with Crippen molar-refractivity contribution < 1.29 is 4.42 Å². The topological polar surface area (TPSA) is 38.1 Å². The molecule has 2 aromatic rings. The third kappa shape index (κ3) is 2.81. The van der Waals surface area contributed by atoms with Gasteiger partial charge in [-0.1, -0.05) is 46.9 Å². The van der Waals surface area contributed by atoms with Crippen LogP contribution >= 0.6 is 50.7 Å². The summed E-state index contributed by atoms with van der Waals surface area (Å²) in [6.07, 6.45) is 5.44. The Balaban J connectivity index is 2.22. The third-order valence-corrected chi connectivity index (χ3v) is 4.94. The molecular weight excluding hydrogens is 410 g/mol. The van der Waals surface area contributed by atoms with Crippen LogP contribution in [-0.2, 0) is 0 Å². The van der Waals surface area contributed by atoms with E-state index in [1.165, 1.54) is 0 Å². The highest BCUT2D eigenvalue weighted by Gasteiger charge is 2.34. The Bertz CT molecular complexity index is 796. The number of allylic oxidation sites excluding steroid dienone is 2. The van der Waals surface area contributed by atoms with E-state index in [0.717, 1.165) is 5.57 Å². The van der Waals surface area contributed by atoms with Crippen LogP contribution in [-0.4, -0.2) is 8.89 Å². The van der Waals surface area contributed by atoms with Crippen LogP contribution < -0.4 is 5.32 Å². The molecule has 0 radical (unpaired) electrons. The fourth-order valence-electron chi connectivity index (χ4n) is 2.18. The third-order valence-electron chi connectivity index (χ3n) is 3.15. The summed E-state index contributed by atoms with van der Waals surface area (Å²) < 4.78 is 4.79. The second kappa shape index (κ2) is 5.93. The summed E-state index contributed by atoms with van der Waals surface area (Å²) >= 11 is 22.3. The molecule has 114 valence electrons. The average Bonchev–Trinajstić information content (AvgIpc) is 2.83. The zero-order valence-corrected chi connectivity index (χ0v) is 15.2. The molecule has 1 aliphatic heterocycles. The zero-order chi connectivity index (χ0) is 15.9. The molecule has 3 nitrogen and oxygen atoms in total. The number of nitrogens with one attached hydrogen (secondary N) is 1. The van der Waals surface area contributed by atoms with Crippen LogP contribution in [0.25, 0.3) is 16.9 Å². The van der Waals surface area contributed by atoms with Crippen molar-refractivity contribution in [2.45, 2.75) is 10.8 Å². The lowest BCUT2D eigenvalue weighted by atomic mass is 10.0. The number of nitrogens with zero attached hydrogens (tertiary/aromatic N) is 1. The van der Waals surface area contributed by atoms with Gasteiger partial charge in [-0.05, 0) is 40.3 Å². The molecule has 1 aromatic heterocycles. The van der Waals surface area contributed by atoms with Gasteiger partial charge in [0.25, 0.3) is 0 Å². The predicted molar refractivity (Wildman–Crippen MR) is 94.5 cm³/mol. The molecule has 2 heterocycles. The fraction of sp³-hybridized carbons (Fsp3) is 0.133. The SMILES string of the molecule is Cc1nc(C2=CC=CNC2(Cl)Br)c(-c2cccc(Cl)c2Cl)o1. The molecule has 0 spiro atoms. The molecule has 3 rings (SSSR count). The Labute approximate surface area is 151 Å². The van der Waals surface area contributed by atoms with E-state index < -0.39 is 3.91 Å². The van der Waals surface area contributed by atoms with Gasteiger partial charge < -0.3 is 9.73 Å². The van der Waals surface area contributed by atoms with E-state index in [4.69, 9.17) is 39.2 Å². The van der Waals surface area contributed by atoms with Gasteiger partial charge in [0.05, 0.1) is 10.0 Å². The van der Waals surface area contributed by atoms with E-state index in [-0.39, 0.29) is 0 Å². The van der Waals surface area contributed by atoms with E-state index in [1.807, 2.05) is 18.2 Å². The first-order valence-electron chi connectivity index (χ1n) is 6.35. The highest BCUT2D eigenvalue weighted by Crippen LogP contribution is 2.44. The summed E-state index contributed by atoms with van der Waals surface area (Å²) in [5, 5.41) is 3.88. The van der Waals surface area contributed by atoms with Gasteiger partial charge in [-0.25, -0.2) is 4.98 Å². The van der Waals surface area contributed by atoms with Crippen molar-refractivity contribution in [3.8, 4) is 11.3 Å². The van der Waals surface area contributed by atoms with Crippen molar-refractivity contribution in [2.24, 2.45) is 0 Å². The summed E-state index contributed by atoms with van der Waals surface area (Å²) in [5.74, 6) is 1.04. The number of aryl methyl sites for hydroxylation is 1. The van der Waals surface area contributed by atoms with E-state index in [0.29, 0.717) is 33.0 Å². The number of alkyl halides is 2. The van der Waals surface area contributed by atoms with Crippen molar-refractivity contribution >= 4 is 56.3 Å². The molecule has 1 aliphatic rings. The Hall–Kier alpha value is -0.940. The average molecular weight is 421 g/mol. The van der Waals surface area contributed by atoms with E-state index in [1.54, 1.807) is 25.3 Å². The molecule has 22 heavy (non-hydrogen) atoms. The minimum absolute atomic E-state index is 0.413. The molecule has 1 aromatic carbocycles. The second-order valence-electron chi connectivity index (χ2n) is 4.67. The molecule has 1 unspecified atom stereocenters. The summed E-state index contributed by atoms with van der Waals surface area (Å²) in [6.45, 7) is 1.77. The van der Waals surface area contributed by atoms with Gasteiger partial charge >= 0.3 is 0 Å². The molecule has 0 saturated carbocycles. The standard InChI is InChI=1S/C15H10BrCl3N2O/c1-8-21-13(10-5-3-7-20-15(10,16)19)14(22-8)9-4-2-6-11(17)12(9)18/h2-7,20H,1H3. The molecule has 0 bridgehead atoms. The van der Waals surface area contributed by atoms with Crippen LogP contribution in [0.5, 0.6) is 0 Å². The maximum Gasteiger partial charge on any atom is 0.196 e. The minimum Gasteiger partial charge on any atom is -0.440 e. The Morgan fingerprint density at radius 1 is 1.32 bits per heavy atom. The zero-order valence-electron chi connectivity index (χ0n) is 11.3. The van der Waals surface area contributed by atoms with Gasteiger partial charge in [-0.15, -0.1) is 0 Å². The van der Waals surface area contributed by atoms with Crippen molar-refractivity contribution in [3.63, 3.8) is 0 Å². The van der Waals surface area contributed by atoms with Crippen LogP contribution in [0.2, 0.25) is 10.0 Å². The van der Waals surface area contributed by atoms with Crippen LogP contribution in [0.4, 0.5) is 0 Å². The maximum absolute atomic E-state index is 6.46. The smallest absolute Gasteiger partial charge is 0.196 e. The van der Waals surface area contributed by atoms with Crippen molar-refractivity contribution in [2.75, 3.05) is 0 Å². The lowest BCUT2D eigenvalue weighted by molar-refractivity contribution is 0.534. The minimum atomic E-state index is -0.967. The molecule has 0 aliphatic carbocycles. The van der Waals surface area contributed by atoms with Crippen molar-refractivity contribution in [1.29, 1.82) is 0 Å². The number of benzene rings is 1. The van der Waals surface area contributed by atoms with Crippen LogP contribution in [0.3, 0.4) is 0 Å². The van der Waals surface area contributed by atoms with Gasteiger partial charge in [-0.2, -0.15) is 0 Å². The number of halogens is 4. The number of hydrogen-bond acceptors (Lipinski definition) is 3. The van der Waals surface area contributed by atoms with Crippen LogP contribution in [0, 0.1) is 6.92 Å². The molecule has 1 atom stereocenters. The lowest BCUT2D eigenvalue weighted by Gasteiger charge is -2.25. The quantitative estimate of drug-likeness (QED) is 0.497. The molecule has 1 N–H and O–H groups in total. The Morgan fingerprint density at radius 3 is 2.82 bits per heavy atom. The maximum atomic E-state index is 6.46. The molecular formula is C15H10BrCl3N2O. The van der Waals surface area contributed by atoms with Gasteiger partial charge in [0, 0.05) is 18.1 Å². The monoisotopic (exact) mass is 418 g/mol. The number of rotatable bonds is 2. The van der Waals surface area contributed by atoms with Crippen LogP contribution in [0.1, 0.15) is 11.6 Å². The number of aromatic nitrogens is 1. The predicted octanol–water partition coefficient (Wildman–Crippen LogP) is 5.74. The normalized spacial score (nSPS) is 20.7. The first kappa shape index (κ1) is 15.9. The summed E-state index contributed by atoms with van der Waals surface area (Å²) in [7, 11) is 0. The van der Waals surface area contributed by atoms with Crippen LogP contribution in [0.15, 0.2) is 41.0 Å². The molecule has 0 amide bonds. The lowest BCUT2D eigenvalue weighted by Crippen LogP contribution is -2.32. The largest absolute Gasteiger partial charge is 0.440 e. The second-order valence-corrected chi connectivity index (χ2v) is 7.67. The van der Waals surface area contributed by atoms with Gasteiger partial charge in [0.15, 0.2) is 15.6 Å². The molecule has 0 fully saturated rings. The highest BCUT2D eigenvalue weighted by atomic mass is 79.9. The highest BCUT2D eigenvalue weighted by molar-refractivity contribution is 9.10. The van der Waals surface area contributed by atoms with Gasteiger partial charge in [0.1, 0.15) is 5.69 Å². The Morgan fingerprint density at radius 2 is 2.09 bits per heavy atom. The van der Waals surface area contributed by atoms with E-state index in [2.05, 4.69) is 26.2 Å². The number of oxazole rings is 1. The first-order valence-corrected chi connectivity index (χ1v) is 8.28. The fourth-order valence-corrected chi connectivity index (χ4v) is 3.23. The van der Waals surface area contributed by atoms with E-state index >= 15 is 0 Å². The molecule has 0 saturated heterocycles. The van der Waals surface area contributed by atoms with E-state index in [9.17, 15) is 0 Å². The van der Waals surface area contributed by atoms with Crippen molar-refractivity contribution in [1.82, 2.24) is 10.3 Å². The summed E-state index contributed by atoms with van der Waals surface area (Å²) in [5.41, 5.74) is 1.99. The number of dihydropyridines is 1. The summed E-state index contributed by atoms with van der Waals surface area (Å²) in [4.78, 5) is 4.45. The van der Waals surface area contributed by atoms with Gasteiger partial charge in [0.2, 0.25) is 0 Å². The van der Waals surface area contributed by atoms with Crippen molar-refractivity contribution in [3.05, 3.63) is 58.2 Å². The number of hydrogen-bond donors (Lipinski definition) is 1. The first-order chi connectivity index (χ1) is 10.4.